The van der Waals surface area contributed by atoms with Gasteiger partial charge in [0.25, 0.3) is 0 Å². The van der Waals surface area contributed by atoms with Gasteiger partial charge < -0.3 is 10.5 Å². The first kappa shape index (κ1) is 12.3. The summed E-state index contributed by atoms with van der Waals surface area (Å²) < 4.78 is 18.6. The first-order chi connectivity index (χ1) is 8.56. The summed E-state index contributed by atoms with van der Waals surface area (Å²) >= 11 is 5.57. The minimum atomic E-state index is -0.560. The lowest BCUT2D eigenvalue weighted by molar-refractivity contribution is 0.476. The third kappa shape index (κ3) is 2.75. The summed E-state index contributed by atoms with van der Waals surface area (Å²) in [5, 5.41) is 7.29. The Bertz CT molecular complexity index is 604. The minimum Gasteiger partial charge on any atom is -0.457 e. The molecule has 0 atom stereocenters. The van der Waals surface area contributed by atoms with Gasteiger partial charge in [0, 0.05) is 18.3 Å². The quantitative estimate of drug-likeness (QED) is 0.662. The average Bonchev–Trinajstić information content (AvgIpc) is 2.34. The van der Waals surface area contributed by atoms with Gasteiger partial charge in [0.2, 0.25) is 0 Å². The van der Waals surface area contributed by atoms with Crippen molar-refractivity contribution in [3.63, 3.8) is 0 Å². The maximum Gasteiger partial charge on any atom is 0.145 e. The molecule has 0 unspecified atom stereocenters. The van der Waals surface area contributed by atoms with Crippen LogP contribution in [0.25, 0.3) is 0 Å². The molecule has 6 heteroatoms. The third-order valence-corrected chi connectivity index (χ3v) is 2.44. The van der Waals surface area contributed by atoms with E-state index >= 15 is 0 Å². The number of halogens is 2. The Morgan fingerprint density at radius 1 is 1.28 bits per heavy atom. The van der Waals surface area contributed by atoms with Crippen molar-refractivity contribution >= 4 is 17.4 Å². The van der Waals surface area contributed by atoms with Crippen molar-refractivity contribution in [1.29, 1.82) is 5.41 Å². The van der Waals surface area contributed by atoms with E-state index in [2.05, 4.69) is 4.98 Å². The average molecular weight is 266 g/mol. The number of aromatic nitrogens is 1. The van der Waals surface area contributed by atoms with Crippen molar-refractivity contribution in [3.05, 3.63) is 53.1 Å². The topological polar surface area (TPSA) is 72.0 Å². The second-order valence-electron chi connectivity index (χ2n) is 3.47. The SMILES string of the molecule is N=C(N)c1cc(Oc2ccc(Cl)c(F)c2)ccn1. The van der Waals surface area contributed by atoms with Gasteiger partial charge in [0.05, 0.1) is 5.02 Å². The number of benzene rings is 1. The monoisotopic (exact) mass is 265 g/mol. The molecule has 0 spiro atoms. The van der Waals surface area contributed by atoms with E-state index in [4.69, 9.17) is 27.5 Å². The summed E-state index contributed by atoms with van der Waals surface area (Å²) in [4.78, 5) is 3.89. The number of hydrogen-bond acceptors (Lipinski definition) is 3. The van der Waals surface area contributed by atoms with Gasteiger partial charge in [-0.15, -0.1) is 0 Å². The van der Waals surface area contributed by atoms with E-state index in [1.165, 1.54) is 24.4 Å². The summed E-state index contributed by atoms with van der Waals surface area (Å²) in [5.41, 5.74) is 5.60. The molecule has 0 bridgehead atoms. The molecule has 0 fully saturated rings. The highest BCUT2D eigenvalue weighted by atomic mass is 35.5. The smallest absolute Gasteiger partial charge is 0.145 e. The van der Waals surface area contributed by atoms with Crippen LogP contribution < -0.4 is 10.5 Å². The Balaban J connectivity index is 2.25. The van der Waals surface area contributed by atoms with Crippen molar-refractivity contribution in [2.24, 2.45) is 5.73 Å². The van der Waals surface area contributed by atoms with Gasteiger partial charge >= 0.3 is 0 Å². The molecule has 0 saturated heterocycles. The molecule has 18 heavy (non-hydrogen) atoms. The van der Waals surface area contributed by atoms with E-state index in [0.29, 0.717) is 17.2 Å². The third-order valence-electron chi connectivity index (χ3n) is 2.13. The molecule has 0 radical (unpaired) electrons. The largest absolute Gasteiger partial charge is 0.457 e. The summed E-state index contributed by atoms with van der Waals surface area (Å²) in [6, 6.07) is 7.20. The Morgan fingerprint density at radius 2 is 2.00 bits per heavy atom. The number of nitrogens with two attached hydrogens (primary N) is 1. The zero-order chi connectivity index (χ0) is 13.1. The van der Waals surface area contributed by atoms with Crippen LogP contribution in [0, 0.1) is 11.2 Å². The van der Waals surface area contributed by atoms with Crippen LogP contribution in [-0.4, -0.2) is 10.8 Å². The molecule has 1 aromatic carbocycles. The van der Waals surface area contributed by atoms with E-state index in [1.54, 1.807) is 12.1 Å². The molecular weight excluding hydrogens is 257 g/mol. The van der Waals surface area contributed by atoms with E-state index in [9.17, 15) is 4.39 Å². The van der Waals surface area contributed by atoms with Gasteiger partial charge in [0.1, 0.15) is 28.8 Å². The van der Waals surface area contributed by atoms with Crippen LogP contribution >= 0.6 is 11.6 Å². The maximum atomic E-state index is 13.2. The van der Waals surface area contributed by atoms with E-state index < -0.39 is 5.82 Å². The lowest BCUT2D eigenvalue weighted by Crippen LogP contribution is -2.12. The number of hydrogen-bond donors (Lipinski definition) is 2. The Hall–Kier alpha value is -2.14. The maximum absolute atomic E-state index is 13.2. The number of nitrogens with zero attached hydrogens (tertiary/aromatic N) is 1. The van der Waals surface area contributed by atoms with Crippen molar-refractivity contribution < 1.29 is 9.13 Å². The number of ether oxygens (including phenoxy) is 1. The molecule has 1 aromatic heterocycles. The first-order valence-corrected chi connectivity index (χ1v) is 5.37. The molecule has 0 aliphatic rings. The van der Waals surface area contributed by atoms with Gasteiger partial charge in [-0.3, -0.25) is 10.4 Å². The van der Waals surface area contributed by atoms with Gasteiger partial charge in [0.15, 0.2) is 0 Å². The minimum absolute atomic E-state index is 0.0292. The van der Waals surface area contributed by atoms with Gasteiger partial charge in [-0.2, -0.15) is 0 Å². The fourth-order valence-electron chi connectivity index (χ4n) is 1.30. The molecule has 92 valence electrons. The fourth-order valence-corrected chi connectivity index (χ4v) is 1.42. The van der Waals surface area contributed by atoms with E-state index in [0.717, 1.165) is 0 Å². The molecule has 0 amide bonds. The Kier molecular flexibility index (Phi) is 3.43. The van der Waals surface area contributed by atoms with Crippen molar-refractivity contribution in [3.8, 4) is 11.5 Å². The molecule has 0 aliphatic carbocycles. The Morgan fingerprint density at radius 3 is 2.67 bits per heavy atom. The summed E-state index contributed by atoms with van der Waals surface area (Å²) in [6.07, 6.45) is 1.46. The molecular formula is C12H9ClFN3O. The number of nitrogens with one attached hydrogen (secondary N) is 1. The second kappa shape index (κ2) is 5.01. The lowest BCUT2D eigenvalue weighted by Gasteiger charge is -2.07. The molecule has 1 heterocycles. The summed E-state index contributed by atoms with van der Waals surface area (Å²) in [7, 11) is 0. The van der Waals surface area contributed by atoms with Gasteiger partial charge in [-0.25, -0.2) is 4.39 Å². The zero-order valence-electron chi connectivity index (χ0n) is 9.15. The van der Waals surface area contributed by atoms with Crippen molar-refractivity contribution in [2.45, 2.75) is 0 Å². The summed E-state index contributed by atoms with van der Waals surface area (Å²) in [5.74, 6) is -0.00715. The standard InChI is InChI=1S/C12H9ClFN3O/c13-9-2-1-7(5-10(9)14)18-8-3-4-17-11(6-8)12(15)16/h1-6H,(H3,15,16). The van der Waals surface area contributed by atoms with Crippen LogP contribution in [0.3, 0.4) is 0 Å². The summed E-state index contributed by atoms with van der Waals surface area (Å²) in [6.45, 7) is 0. The van der Waals surface area contributed by atoms with Crippen LogP contribution in [-0.2, 0) is 0 Å². The number of nitrogen functional groups attached to an aromatic ring is 1. The second-order valence-corrected chi connectivity index (χ2v) is 3.88. The lowest BCUT2D eigenvalue weighted by atomic mass is 10.3. The molecule has 4 nitrogen and oxygen atoms in total. The zero-order valence-corrected chi connectivity index (χ0v) is 9.91. The van der Waals surface area contributed by atoms with E-state index in [1.807, 2.05) is 0 Å². The van der Waals surface area contributed by atoms with Gasteiger partial charge in [-0.05, 0) is 18.2 Å². The predicted octanol–water partition coefficient (Wildman–Crippen LogP) is 2.95. The van der Waals surface area contributed by atoms with Crippen LogP contribution in [0.1, 0.15) is 5.69 Å². The predicted molar refractivity (Wildman–Crippen MR) is 66.7 cm³/mol. The van der Waals surface area contributed by atoms with Crippen molar-refractivity contribution in [1.82, 2.24) is 4.98 Å². The number of rotatable bonds is 3. The van der Waals surface area contributed by atoms with Crippen LogP contribution in [0.5, 0.6) is 11.5 Å². The fraction of sp³-hybridized carbons (Fsp3) is 0. The molecule has 2 aromatic rings. The molecule has 0 saturated carbocycles. The number of amidine groups is 1. The highest BCUT2D eigenvalue weighted by Crippen LogP contribution is 2.25. The molecule has 0 aliphatic heterocycles. The van der Waals surface area contributed by atoms with Crippen LogP contribution in [0.2, 0.25) is 5.02 Å². The van der Waals surface area contributed by atoms with Crippen LogP contribution in [0.4, 0.5) is 4.39 Å². The van der Waals surface area contributed by atoms with Gasteiger partial charge in [-0.1, -0.05) is 11.6 Å². The van der Waals surface area contributed by atoms with Crippen LogP contribution in [0.15, 0.2) is 36.5 Å². The van der Waals surface area contributed by atoms with E-state index in [-0.39, 0.29) is 10.9 Å². The van der Waals surface area contributed by atoms with Crippen molar-refractivity contribution in [2.75, 3.05) is 0 Å². The highest BCUT2D eigenvalue weighted by Gasteiger charge is 2.05. The Labute approximate surface area is 108 Å². The highest BCUT2D eigenvalue weighted by molar-refractivity contribution is 6.30. The number of pyridine rings is 1. The first-order valence-electron chi connectivity index (χ1n) is 4.99. The molecule has 3 N–H and O–H groups in total. The molecule has 2 rings (SSSR count). The normalized spacial score (nSPS) is 10.1.